The van der Waals surface area contributed by atoms with Crippen LogP contribution < -0.4 is 9.47 Å². The minimum absolute atomic E-state index is 0.207. The zero-order valence-corrected chi connectivity index (χ0v) is 8.13. The van der Waals surface area contributed by atoms with Gasteiger partial charge in [-0.25, -0.2) is 4.98 Å². The second-order valence-electron chi connectivity index (χ2n) is 2.29. The normalized spacial score (nSPS) is 9.85. The summed E-state index contributed by atoms with van der Waals surface area (Å²) in [6.07, 6.45) is 1.41. The molecule has 5 heteroatoms. The van der Waals surface area contributed by atoms with Crippen molar-refractivity contribution in [2.24, 2.45) is 0 Å². The Bertz CT molecular complexity index is 304. The maximum atomic E-state index is 9.00. The number of hydrogen-bond acceptors (Lipinski definition) is 4. The first kappa shape index (κ1) is 10.1. The summed E-state index contributed by atoms with van der Waals surface area (Å²) in [6, 6.07) is 0. The van der Waals surface area contributed by atoms with Gasteiger partial charge in [0.1, 0.15) is 0 Å². The zero-order valence-electron chi connectivity index (χ0n) is 7.37. The smallest absolute Gasteiger partial charge is 0.257 e. The maximum absolute atomic E-state index is 9.00. The van der Waals surface area contributed by atoms with Crippen LogP contribution in [0.2, 0.25) is 5.02 Å². The molecule has 0 bridgehead atoms. The predicted molar refractivity (Wildman–Crippen MR) is 48.3 cm³/mol. The Morgan fingerprint density at radius 2 is 2.15 bits per heavy atom. The van der Waals surface area contributed by atoms with E-state index in [9.17, 15) is 0 Å². The number of halogens is 1. The van der Waals surface area contributed by atoms with Crippen molar-refractivity contribution < 1.29 is 14.6 Å². The van der Waals surface area contributed by atoms with Crippen LogP contribution in [0.25, 0.3) is 0 Å². The van der Waals surface area contributed by atoms with Crippen molar-refractivity contribution in [2.45, 2.75) is 6.61 Å². The molecule has 1 aromatic heterocycles. The molecule has 1 rings (SSSR count). The van der Waals surface area contributed by atoms with E-state index in [0.717, 1.165) is 0 Å². The Morgan fingerprint density at radius 1 is 1.46 bits per heavy atom. The number of nitrogens with zero attached hydrogens (tertiary/aromatic N) is 1. The summed E-state index contributed by atoms with van der Waals surface area (Å²) in [7, 11) is 2.94. The number of ether oxygens (including phenoxy) is 2. The van der Waals surface area contributed by atoms with Crippen LogP contribution in [-0.2, 0) is 6.61 Å². The Kier molecular flexibility index (Phi) is 3.33. The van der Waals surface area contributed by atoms with E-state index in [4.69, 9.17) is 26.2 Å². The minimum atomic E-state index is -0.207. The van der Waals surface area contributed by atoms with E-state index >= 15 is 0 Å². The molecule has 0 saturated heterocycles. The molecule has 0 amide bonds. The van der Waals surface area contributed by atoms with Crippen molar-refractivity contribution >= 4 is 11.6 Å². The molecule has 4 nitrogen and oxygen atoms in total. The van der Waals surface area contributed by atoms with Crippen LogP contribution >= 0.6 is 11.6 Å². The van der Waals surface area contributed by atoms with E-state index in [2.05, 4.69) is 4.98 Å². The molecule has 0 aromatic carbocycles. The second kappa shape index (κ2) is 4.30. The van der Waals surface area contributed by atoms with Gasteiger partial charge in [0.05, 0.1) is 32.0 Å². The zero-order chi connectivity index (χ0) is 9.84. The van der Waals surface area contributed by atoms with Gasteiger partial charge in [-0.2, -0.15) is 0 Å². The molecule has 1 N–H and O–H groups in total. The highest BCUT2D eigenvalue weighted by molar-refractivity contribution is 6.31. The standard InChI is InChI=1S/C8H10ClNO3/c1-12-7-5(4-11)6(9)3-10-8(7)13-2/h3,11H,4H2,1-2H3. The van der Waals surface area contributed by atoms with Crippen molar-refractivity contribution in [1.29, 1.82) is 0 Å². The van der Waals surface area contributed by atoms with E-state index in [1.165, 1.54) is 20.4 Å². The average molecular weight is 204 g/mol. The van der Waals surface area contributed by atoms with E-state index in [0.29, 0.717) is 22.2 Å². The van der Waals surface area contributed by atoms with Crippen molar-refractivity contribution in [3.63, 3.8) is 0 Å². The van der Waals surface area contributed by atoms with Gasteiger partial charge in [0.25, 0.3) is 5.88 Å². The lowest BCUT2D eigenvalue weighted by molar-refractivity contribution is 0.268. The molecule has 0 atom stereocenters. The summed E-state index contributed by atoms with van der Waals surface area (Å²) in [5.41, 5.74) is 0.482. The topological polar surface area (TPSA) is 51.6 Å². The number of aromatic nitrogens is 1. The lowest BCUT2D eigenvalue weighted by atomic mass is 10.2. The molecule has 1 heterocycles. The SMILES string of the molecule is COc1ncc(Cl)c(CO)c1OC. The highest BCUT2D eigenvalue weighted by Crippen LogP contribution is 2.33. The van der Waals surface area contributed by atoms with Crippen LogP contribution in [0.15, 0.2) is 6.20 Å². The van der Waals surface area contributed by atoms with Gasteiger partial charge in [-0.05, 0) is 0 Å². The third-order valence-corrected chi connectivity index (χ3v) is 1.93. The number of methoxy groups -OCH3 is 2. The average Bonchev–Trinajstić information content (AvgIpc) is 2.17. The molecule has 0 spiro atoms. The van der Waals surface area contributed by atoms with Crippen molar-refractivity contribution in [2.75, 3.05) is 14.2 Å². The van der Waals surface area contributed by atoms with Gasteiger partial charge in [-0.15, -0.1) is 0 Å². The van der Waals surface area contributed by atoms with E-state index in [-0.39, 0.29) is 6.61 Å². The van der Waals surface area contributed by atoms with Gasteiger partial charge < -0.3 is 14.6 Å². The number of aliphatic hydroxyl groups is 1. The fraction of sp³-hybridized carbons (Fsp3) is 0.375. The highest BCUT2D eigenvalue weighted by atomic mass is 35.5. The Hall–Kier alpha value is -1.00. The molecule has 72 valence electrons. The minimum Gasteiger partial charge on any atom is -0.491 e. The van der Waals surface area contributed by atoms with Crippen LogP contribution in [0.1, 0.15) is 5.56 Å². The first-order chi connectivity index (χ1) is 6.24. The molecule has 0 radical (unpaired) electrons. The number of pyridine rings is 1. The van der Waals surface area contributed by atoms with Crippen LogP contribution in [0.4, 0.5) is 0 Å². The summed E-state index contributed by atoms with van der Waals surface area (Å²) in [5.74, 6) is 0.688. The van der Waals surface area contributed by atoms with Gasteiger partial charge in [-0.3, -0.25) is 0 Å². The summed E-state index contributed by atoms with van der Waals surface area (Å²) < 4.78 is 9.93. The van der Waals surface area contributed by atoms with Crippen LogP contribution in [0, 0.1) is 0 Å². The van der Waals surface area contributed by atoms with Crippen molar-refractivity contribution in [3.05, 3.63) is 16.8 Å². The van der Waals surface area contributed by atoms with Crippen LogP contribution in [0.3, 0.4) is 0 Å². The van der Waals surface area contributed by atoms with Gasteiger partial charge in [0, 0.05) is 5.56 Å². The van der Waals surface area contributed by atoms with E-state index in [1.807, 2.05) is 0 Å². The quantitative estimate of drug-likeness (QED) is 0.803. The van der Waals surface area contributed by atoms with Crippen LogP contribution in [0.5, 0.6) is 11.6 Å². The van der Waals surface area contributed by atoms with Gasteiger partial charge in [-0.1, -0.05) is 11.6 Å². The lowest BCUT2D eigenvalue weighted by Gasteiger charge is -2.10. The Labute approximate surface area is 81.1 Å². The molecule has 0 aliphatic heterocycles. The number of rotatable bonds is 3. The lowest BCUT2D eigenvalue weighted by Crippen LogP contribution is -1.99. The summed E-state index contributed by atoms with van der Waals surface area (Å²) >= 11 is 5.78. The Balaban J connectivity index is 3.27. The molecule has 0 saturated carbocycles. The maximum Gasteiger partial charge on any atom is 0.257 e. The van der Waals surface area contributed by atoms with E-state index in [1.54, 1.807) is 0 Å². The first-order valence-corrected chi connectivity index (χ1v) is 3.98. The third-order valence-electron chi connectivity index (χ3n) is 1.61. The molecule has 0 fully saturated rings. The summed E-state index contributed by atoms with van der Waals surface area (Å²) in [5, 5.41) is 9.36. The molecule has 1 aromatic rings. The summed E-state index contributed by atoms with van der Waals surface area (Å²) in [4.78, 5) is 3.89. The fourth-order valence-electron chi connectivity index (χ4n) is 0.993. The number of aliphatic hydroxyl groups excluding tert-OH is 1. The van der Waals surface area contributed by atoms with Crippen LogP contribution in [-0.4, -0.2) is 24.3 Å². The Morgan fingerprint density at radius 3 is 2.62 bits per heavy atom. The van der Waals surface area contributed by atoms with Gasteiger partial charge >= 0.3 is 0 Å². The molecule has 0 aliphatic carbocycles. The predicted octanol–water partition coefficient (Wildman–Crippen LogP) is 1.24. The van der Waals surface area contributed by atoms with Crippen molar-refractivity contribution in [1.82, 2.24) is 4.98 Å². The molecular weight excluding hydrogens is 194 g/mol. The van der Waals surface area contributed by atoms with Crippen molar-refractivity contribution in [3.8, 4) is 11.6 Å². The highest BCUT2D eigenvalue weighted by Gasteiger charge is 2.13. The van der Waals surface area contributed by atoms with E-state index < -0.39 is 0 Å². The van der Waals surface area contributed by atoms with Gasteiger partial charge in [0.2, 0.25) is 0 Å². The molecular formula is C8H10ClNO3. The molecule has 13 heavy (non-hydrogen) atoms. The summed E-state index contributed by atoms with van der Waals surface area (Å²) in [6.45, 7) is -0.207. The monoisotopic (exact) mass is 203 g/mol. The number of hydrogen-bond donors (Lipinski definition) is 1. The van der Waals surface area contributed by atoms with Gasteiger partial charge in [0.15, 0.2) is 5.75 Å². The first-order valence-electron chi connectivity index (χ1n) is 3.60. The largest absolute Gasteiger partial charge is 0.491 e. The fourth-order valence-corrected chi connectivity index (χ4v) is 1.19. The molecule has 0 unspecified atom stereocenters. The third kappa shape index (κ3) is 1.84. The molecule has 0 aliphatic rings. The second-order valence-corrected chi connectivity index (χ2v) is 2.69.